The summed E-state index contributed by atoms with van der Waals surface area (Å²) in [5.41, 5.74) is 0.814. The molecule has 0 spiro atoms. The molecule has 0 aromatic heterocycles. The predicted octanol–water partition coefficient (Wildman–Crippen LogP) is 4.33. The number of benzene rings is 2. The summed E-state index contributed by atoms with van der Waals surface area (Å²) >= 11 is 0. The SMILES string of the molecule is CN=C(NCCc1cccc(F)c1F)NC(C)c1ccc(F)c(F)c1.I. The first-order valence-corrected chi connectivity index (χ1v) is 7.77. The molecule has 0 saturated carbocycles. The fraction of sp³-hybridized carbons (Fsp3) is 0.278. The molecule has 0 aliphatic heterocycles. The van der Waals surface area contributed by atoms with Crippen LogP contribution in [0.1, 0.15) is 24.1 Å². The van der Waals surface area contributed by atoms with E-state index in [0.29, 0.717) is 18.1 Å². The van der Waals surface area contributed by atoms with E-state index in [4.69, 9.17) is 0 Å². The summed E-state index contributed by atoms with van der Waals surface area (Å²) in [7, 11) is 1.55. The van der Waals surface area contributed by atoms with Crippen molar-refractivity contribution >= 4 is 29.9 Å². The quantitative estimate of drug-likeness (QED) is 0.289. The Hall–Kier alpha value is -1.84. The van der Waals surface area contributed by atoms with E-state index in [2.05, 4.69) is 15.6 Å². The van der Waals surface area contributed by atoms with Gasteiger partial charge in [0.05, 0.1) is 6.04 Å². The third-order valence-corrected chi connectivity index (χ3v) is 3.74. The van der Waals surface area contributed by atoms with Crippen LogP contribution in [0.15, 0.2) is 41.4 Å². The second-order valence-electron chi connectivity index (χ2n) is 5.50. The number of nitrogens with zero attached hydrogens (tertiary/aromatic N) is 1. The molecule has 0 aliphatic rings. The van der Waals surface area contributed by atoms with Gasteiger partial charge in [-0.15, -0.1) is 24.0 Å². The molecule has 0 aliphatic carbocycles. The fourth-order valence-corrected chi connectivity index (χ4v) is 2.32. The number of hydrogen-bond acceptors (Lipinski definition) is 1. The van der Waals surface area contributed by atoms with E-state index in [1.54, 1.807) is 14.0 Å². The van der Waals surface area contributed by atoms with Crippen LogP contribution >= 0.6 is 24.0 Å². The van der Waals surface area contributed by atoms with Gasteiger partial charge in [0.2, 0.25) is 0 Å². The molecule has 1 atom stereocenters. The number of rotatable bonds is 5. The van der Waals surface area contributed by atoms with Gasteiger partial charge < -0.3 is 10.6 Å². The van der Waals surface area contributed by atoms with Gasteiger partial charge in [-0.1, -0.05) is 18.2 Å². The Bertz CT molecular complexity index is 768. The highest BCUT2D eigenvalue weighted by molar-refractivity contribution is 14.0. The summed E-state index contributed by atoms with van der Waals surface area (Å²) < 4.78 is 53.1. The van der Waals surface area contributed by atoms with Gasteiger partial charge in [-0.05, 0) is 42.7 Å². The van der Waals surface area contributed by atoms with Crippen LogP contribution in [0.2, 0.25) is 0 Å². The molecule has 0 heterocycles. The van der Waals surface area contributed by atoms with E-state index in [1.807, 2.05) is 0 Å². The van der Waals surface area contributed by atoms with Crippen molar-refractivity contribution in [2.45, 2.75) is 19.4 Å². The number of hydrogen-bond donors (Lipinski definition) is 2. The normalized spacial score (nSPS) is 12.3. The molecular weight excluding hydrogens is 461 g/mol. The van der Waals surface area contributed by atoms with Crippen molar-refractivity contribution in [3.05, 3.63) is 70.8 Å². The zero-order valence-electron chi connectivity index (χ0n) is 14.3. The van der Waals surface area contributed by atoms with Crippen molar-refractivity contribution in [1.29, 1.82) is 0 Å². The molecule has 1 unspecified atom stereocenters. The van der Waals surface area contributed by atoms with Crippen molar-refractivity contribution in [3.8, 4) is 0 Å². The molecule has 2 N–H and O–H groups in total. The van der Waals surface area contributed by atoms with Crippen LogP contribution in [0.4, 0.5) is 17.6 Å². The van der Waals surface area contributed by atoms with E-state index >= 15 is 0 Å². The molecular formula is C18H20F4IN3. The Kier molecular flexibility index (Phi) is 8.83. The van der Waals surface area contributed by atoms with Gasteiger partial charge in [-0.25, -0.2) is 17.6 Å². The second kappa shape index (κ2) is 10.3. The van der Waals surface area contributed by atoms with E-state index in [-0.39, 0.29) is 42.0 Å². The highest BCUT2D eigenvalue weighted by atomic mass is 127. The molecule has 0 saturated heterocycles. The summed E-state index contributed by atoms with van der Waals surface area (Å²) in [5.74, 6) is -3.16. The summed E-state index contributed by atoms with van der Waals surface area (Å²) in [4.78, 5) is 4.02. The Morgan fingerprint density at radius 2 is 1.77 bits per heavy atom. The predicted molar refractivity (Wildman–Crippen MR) is 105 cm³/mol. The number of nitrogens with one attached hydrogen (secondary N) is 2. The highest BCUT2D eigenvalue weighted by Crippen LogP contribution is 2.16. The number of aliphatic imine (C=N–C) groups is 1. The Morgan fingerprint density at radius 3 is 2.42 bits per heavy atom. The highest BCUT2D eigenvalue weighted by Gasteiger charge is 2.11. The maximum Gasteiger partial charge on any atom is 0.191 e. The van der Waals surface area contributed by atoms with E-state index in [9.17, 15) is 17.6 Å². The fourth-order valence-electron chi connectivity index (χ4n) is 2.32. The summed E-state index contributed by atoms with van der Waals surface area (Å²) in [6, 6.07) is 7.36. The third kappa shape index (κ3) is 5.86. The van der Waals surface area contributed by atoms with Crippen LogP contribution in [0.25, 0.3) is 0 Å². The zero-order valence-corrected chi connectivity index (χ0v) is 16.7. The lowest BCUT2D eigenvalue weighted by Crippen LogP contribution is -2.39. The summed E-state index contributed by atoms with van der Waals surface area (Å²) in [5, 5.41) is 6.00. The average Bonchev–Trinajstić information content (AvgIpc) is 2.59. The second-order valence-corrected chi connectivity index (χ2v) is 5.50. The molecule has 0 bridgehead atoms. The van der Waals surface area contributed by atoms with Gasteiger partial charge in [0, 0.05) is 13.6 Å². The Labute approximate surface area is 166 Å². The summed E-state index contributed by atoms with van der Waals surface area (Å²) in [6.07, 6.45) is 0.268. The van der Waals surface area contributed by atoms with Crippen molar-refractivity contribution in [2.24, 2.45) is 4.99 Å². The van der Waals surface area contributed by atoms with Crippen LogP contribution < -0.4 is 10.6 Å². The Morgan fingerprint density at radius 1 is 1.04 bits per heavy atom. The van der Waals surface area contributed by atoms with Crippen LogP contribution in [-0.2, 0) is 6.42 Å². The van der Waals surface area contributed by atoms with Crippen LogP contribution in [-0.4, -0.2) is 19.6 Å². The topological polar surface area (TPSA) is 36.4 Å². The Balaban J connectivity index is 0.00000338. The lowest BCUT2D eigenvalue weighted by Gasteiger charge is -2.18. The van der Waals surface area contributed by atoms with Crippen LogP contribution in [0, 0.1) is 23.3 Å². The summed E-state index contributed by atoms with van der Waals surface area (Å²) in [6.45, 7) is 2.09. The van der Waals surface area contributed by atoms with Crippen molar-refractivity contribution in [2.75, 3.05) is 13.6 Å². The lowest BCUT2D eigenvalue weighted by atomic mass is 10.1. The molecule has 8 heteroatoms. The van der Waals surface area contributed by atoms with Crippen molar-refractivity contribution in [1.82, 2.24) is 10.6 Å². The number of guanidine groups is 1. The van der Waals surface area contributed by atoms with Crippen LogP contribution in [0.3, 0.4) is 0 Å². The van der Waals surface area contributed by atoms with Gasteiger partial charge in [-0.3, -0.25) is 4.99 Å². The maximum absolute atomic E-state index is 13.6. The molecule has 3 nitrogen and oxygen atoms in total. The number of halogens is 5. The first kappa shape index (κ1) is 22.2. The van der Waals surface area contributed by atoms with Gasteiger partial charge in [0.25, 0.3) is 0 Å². The average molecular weight is 481 g/mol. The lowest BCUT2D eigenvalue weighted by molar-refractivity contribution is 0.498. The van der Waals surface area contributed by atoms with Gasteiger partial charge in [0.15, 0.2) is 29.2 Å². The molecule has 0 amide bonds. The van der Waals surface area contributed by atoms with Gasteiger partial charge >= 0.3 is 0 Å². The van der Waals surface area contributed by atoms with Crippen molar-refractivity contribution in [3.63, 3.8) is 0 Å². The van der Waals surface area contributed by atoms with Gasteiger partial charge in [-0.2, -0.15) is 0 Å². The smallest absolute Gasteiger partial charge is 0.191 e. The zero-order chi connectivity index (χ0) is 18.4. The minimum atomic E-state index is -0.921. The monoisotopic (exact) mass is 481 g/mol. The standard InChI is InChI=1S/C18H19F4N3.HI/c1-11(13-6-7-14(19)16(21)10-13)25-18(23-2)24-9-8-12-4-3-5-15(20)17(12)22;/h3-7,10-11H,8-9H2,1-2H3,(H2,23,24,25);1H. The molecule has 2 rings (SSSR count). The minimum absolute atomic E-state index is 0. The van der Waals surface area contributed by atoms with Gasteiger partial charge in [0.1, 0.15) is 0 Å². The largest absolute Gasteiger partial charge is 0.356 e. The molecule has 0 radical (unpaired) electrons. The molecule has 2 aromatic rings. The first-order chi connectivity index (χ1) is 11.9. The van der Waals surface area contributed by atoms with E-state index < -0.39 is 23.3 Å². The molecule has 0 fully saturated rings. The minimum Gasteiger partial charge on any atom is -0.356 e. The van der Waals surface area contributed by atoms with Crippen LogP contribution in [0.5, 0.6) is 0 Å². The molecule has 142 valence electrons. The molecule has 26 heavy (non-hydrogen) atoms. The first-order valence-electron chi connectivity index (χ1n) is 7.77. The third-order valence-electron chi connectivity index (χ3n) is 3.74. The molecule has 2 aromatic carbocycles. The van der Waals surface area contributed by atoms with Crippen molar-refractivity contribution < 1.29 is 17.6 Å². The maximum atomic E-state index is 13.6. The van der Waals surface area contributed by atoms with E-state index in [1.165, 1.54) is 18.2 Å². The van der Waals surface area contributed by atoms with E-state index in [0.717, 1.165) is 18.2 Å².